The first-order chi connectivity index (χ1) is 13.5. The minimum Gasteiger partial charge on any atom is -0.497 e. The minimum absolute atomic E-state index is 0.0324. The highest BCUT2D eigenvalue weighted by atomic mass is 79.9. The van der Waals surface area contributed by atoms with Gasteiger partial charge in [-0.05, 0) is 68.1 Å². The van der Waals surface area contributed by atoms with E-state index in [1.54, 1.807) is 12.1 Å². The van der Waals surface area contributed by atoms with E-state index in [0.29, 0.717) is 5.75 Å². The first-order valence-electron chi connectivity index (χ1n) is 9.27. The molecule has 0 spiro atoms. The number of rotatable bonds is 5. The van der Waals surface area contributed by atoms with E-state index in [1.165, 1.54) is 25.3 Å². The molecule has 1 saturated heterocycles. The molecule has 0 bridgehead atoms. The van der Waals surface area contributed by atoms with E-state index < -0.39 is 5.82 Å². The smallest absolute Gasteiger partial charge is 0.188 e. The van der Waals surface area contributed by atoms with Gasteiger partial charge in [-0.3, -0.25) is 4.79 Å². The molecule has 3 rings (SSSR count). The van der Waals surface area contributed by atoms with Gasteiger partial charge in [0.1, 0.15) is 11.6 Å². The van der Waals surface area contributed by atoms with Crippen molar-refractivity contribution in [1.29, 1.82) is 0 Å². The van der Waals surface area contributed by atoms with Gasteiger partial charge in [-0.15, -0.1) is 0 Å². The quantitative estimate of drug-likeness (QED) is 0.494. The SMILES string of the molecule is COc1ccc(C(=O)C=Cc2cc(Br)ccc2N2CCCN(C)CC2)c(F)c1. The largest absolute Gasteiger partial charge is 0.497 e. The van der Waals surface area contributed by atoms with Gasteiger partial charge in [0.15, 0.2) is 5.78 Å². The second-order valence-electron chi connectivity index (χ2n) is 6.89. The van der Waals surface area contributed by atoms with Gasteiger partial charge in [-0.25, -0.2) is 4.39 Å². The van der Waals surface area contributed by atoms with Gasteiger partial charge in [0, 0.05) is 35.9 Å². The Labute approximate surface area is 173 Å². The summed E-state index contributed by atoms with van der Waals surface area (Å²) in [5, 5.41) is 0. The predicted octanol–water partition coefficient (Wildman–Crippen LogP) is 4.63. The van der Waals surface area contributed by atoms with Crippen molar-refractivity contribution in [2.24, 2.45) is 0 Å². The number of anilines is 1. The van der Waals surface area contributed by atoms with E-state index in [2.05, 4.69) is 38.8 Å². The molecule has 0 unspecified atom stereocenters. The Hall–Kier alpha value is -2.18. The summed E-state index contributed by atoms with van der Waals surface area (Å²) in [6.07, 6.45) is 4.28. The zero-order valence-electron chi connectivity index (χ0n) is 16.1. The molecule has 0 aromatic heterocycles. The summed E-state index contributed by atoms with van der Waals surface area (Å²) in [6, 6.07) is 10.3. The summed E-state index contributed by atoms with van der Waals surface area (Å²) in [6.45, 7) is 3.97. The normalized spacial score (nSPS) is 15.6. The van der Waals surface area contributed by atoms with Crippen molar-refractivity contribution < 1.29 is 13.9 Å². The Balaban J connectivity index is 1.85. The van der Waals surface area contributed by atoms with E-state index >= 15 is 0 Å². The van der Waals surface area contributed by atoms with Crippen molar-refractivity contribution in [1.82, 2.24) is 4.90 Å². The zero-order chi connectivity index (χ0) is 20.1. The first kappa shape index (κ1) is 20.6. The third-order valence-electron chi connectivity index (χ3n) is 4.91. The Morgan fingerprint density at radius 2 is 1.96 bits per heavy atom. The third kappa shape index (κ3) is 5.00. The average Bonchev–Trinajstić information content (AvgIpc) is 2.90. The standard InChI is InChI=1S/C22H24BrFN2O2/c1-25-10-3-11-26(13-12-25)21-8-5-17(23)14-16(21)4-9-22(27)19-7-6-18(28-2)15-20(19)24/h4-9,14-15H,3,10-13H2,1-2H3. The number of methoxy groups -OCH3 is 1. The van der Waals surface area contributed by atoms with Crippen LogP contribution in [0.1, 0.15) is 22.3 Å². The maximum Gasteiger partial charge on any atom is 0.188 e. The molecule has 2 aromatic carbocycles. The van der Waals surface area contributed by atoms with Crippen LogP contribution in [0.5, 0.6) is 5.75 Å². The van der Waals surface area contributed by atoms with E-state index in [0.717, 1.165) is 48.3 Å². The molecule has 1 aliphatic heterocycles. The maximum absolute atomic E-state index is 14.2. The Morgan fingerprint density at radius 3 is 2.71 bits per heavy atom. The summed E-state index contributed by atoms with van der Waals surface area (Å²) in [4.78, 5) is 17.2. The molecule has 0 aliphatic carbocycles. The number of hydrogen-bond donors (Lipinski definition) is 0. The molecule has 4 nitrogen and oxygen atoms in total. The second-order valence-corrected chi connectivity index (χ2v) is 7.81. The van der Waals surface area contributed by atoms with Gasteiger partial charge < -0.3 is 14.5 Å². The van der Waals surface area contributed by atoms with Crippen LogP contribution in [0.25, 0.3) is 6.08 Å². The highest BCUT2D eigenvalue weighted by molar-refractivity contribution is 9.10. The van der Waals surface area contributed by atoms with Gasteiger partial charge in [-0.1, -0.05) is 15.9 Å². The molecule has 0 atom stereocenters. The van der Waals surface area contributed by atoms with Crippen LogP contribution in [0.2, 0.25) is 0 Å². The van der Waals surface area contributed by atoms with Gasteiger partial charge in [0.25, 0.3) is 0 Å². The molecule has 2 aromatic rings. The number of ether oxygens (including phenoxy) is 1. The highest BCUT2D eigenvalue weighted by Gasteiger charge is 2.16. The number of halogens is 2. The molecular formula is C22H24BrFN2O2. The molecule has 1 fully saturated rings. The van der Waals surface area contributed by atoms with Crippen LogP contribution >= 0.6 is 15.9 Å². The molecule has 6 heteroatoms. The van der Waals surface area contributed by atoms with Crippen LogP contribution in [0.3, 0.4) is 0 Å². The van der Waals surface area contributed by atoms with Crippen molar-refractivity contribution >= 4 is 33.5 Å². The second kappa shape index (κ2) is 9.34. The number of likely N-dealkylation sites (N-methyl/N-ethyl adjacent to an activating group) is 1. The number of hydrogen-bond acceptors (Lipinski definition) is 4. The lowest BCUT2D eigenvalue weighted by Gasteiger charge is -2.25. The molecule has 1 heterocycles. The summed E-state index contributed by atoms with van der Waals surface area (Å²) < 4.78 is 20.1. The van der Waals surface area contributed by atoms with E-state index in [1.807, 2.05) is 12.1 Å². The number of nitrogens with zero attached hydrogens (tertiary/aromatic N) is 2. The van der Waals surface area contributed by atoms with Crippen LogP contribution in [-0.2, 0) is 0 Å². The molecule has 0 saturated carbocycles. The fourth-order valence-electron chi connectivity index (χ4n) is 3.31. The molecule has 0 amide bonds. The van der Waals surface area contributed by atoms with Gasteiger partial charge in [0.2, 0.25) is 0 Å². The number of ketones is 1. The third-order valence-corrected chi connectivity index (χ3v) is 5.40. The fourth-order valence-corrected chi connectivity index (χ4v) is 3.69. The number of carbonyl (C=O) groups is 1. The molecule has 0 radical (unpaired) electrons. The molecule has 1 aliphatic rings. The predicted molar refractivity (Wildman–Crippen MR) is 115 cm³/mol. The van der Waals surface area contributed by atoms with Crippen molar-refractivity contribution in [3.8, 4) is 5.75 Å². The van der Waals surface area contributed by atoms with Gasteiger partial charge in [-0.2, -0.15) is 0 Å². The fraction of sp³-hybridized carbons (Fsp3) is 0.318. The van der Waals surface area contributed by atoms with E-state index in [4.69, 9.17) is 4.74 Å². The summed E-state index contributed by atoms with van der Waals surface area (Å²) in [5.41, 5.74) is 2.05. The number of benzene rings is 2. The highest BCUT2D eigenvalue weighted by Crippen LogP contribution is 2.27. The van der Waals surface area contributed by atoms with Crippen molar-refractivity contribution in [3.63, 3.8) is 0 Å². The Morgan fingerprint density at radius 1 is 1.14 bits per heavy atom. The lowest BCUT2D eigenvalue weighted by atomic mass is 10.1. The summed E-state index contributed by atoms with van der Waals surface area (Å²) in [5.74, 6) is -0.570. The van der Waals surface area contributed by atoms with Crippen LogP contribution < -0.4 is 9.64 Å². The molecule has 148 valence electrons. The van der Waals surface area contributed by atoms with E-state index in [-0.39, 0.29) is 11.3 Å². The summed E-state index contributed by atoms with van der Waals surface area (Å²) >= 11 is 3.51. The van der Waals surface area contributed by atoms with Crippen molar-refractivity contribution in [2.75, 3.05) is 45.2 Å². The lowest BCUT2D eigenvalue weighted by molar-refractivity contribution is 0.104. The zero-order valence-corrected chi connectivity index (χ0v) is 17.7. The van der Waals surface area contributed by atoms with E-state index in [9.17, 15) is 9.18 Å². The maximum atomic E-state index is 14.2. The first-order valence-corrected chi connectivity index (χ1v) is 10.1. The Bertz CT molecular complexity index is 885. The van der Waals surface area contributed by atoms with Crippen LogP contribution in [0.15, 0.2) is 46.9 Å². The Kier molecular flexibility index (Phi) is 6.86. The monoisotopic (exact) mass is 446 g/mol. The number of carbonyl (C=O) groups excluding carboxylic acids is 1. The van der Waals surface area contributed by atoms with Gasteiger partial charge in [0.05, 0.1) is 12.7 Å². The minimum atomic E-state index is -0.584. The van der Waals surface area contributed by atoms with Crippen LogP contribution in [0, 0.1) is 5.82 Å². The topological polar surface area (TPSA) is 32.8 Å². The molecule has 28 heavy (non-hydrogen) atoms. The van der Waals surface area contributed by atoms with Crippen molar-refractivity contribution in [3.05, 3.63) is 63.9 Å². The summed E-state index contributed by atoms with van der Waals surface area (Å²) in [7, 11) is 3.60. The lowest BCUT2D eigenvalue weighted by Crippen LogP contribution is -2.29. The van der Waals surface area contributed by atoms with Crippen LogP contribution in [-0.4, -0.2) is 51.0 Å². The van der Waals surface area contributed by atoms with Crippen LogP contribution in [0.4, 0.5) is 10.1 Å². The average molecular weight is 447 g/mol. The molecular weight excluding hydrogens is 423 g/mol. The van der Waals surface area contributed by atoms with Gasteiger partial charge >= 0.3 is 0 Å². The molecule has 0 N–H and O–H groups in total. The van der Waals surface area contributed by atoms with Crippen molar-refractivity contribution in [2.45, 2.75) is 6.42 Å². The number of allylic oxidation sites excluding steroid dienone is 1.